The molecule has 0 spiro atoms. The van der Waals surface area contributed by atoms with Crippen LogP contribution in [-0.4, -0.2) is 40.8 Å². The molecule has 1 aliphatic heterocycles. The molecule has 0 bridgehead atoms. The molecule has 0 saturated carbocycles. The topological polar surface area (TPSA) is 54.8 Å². The van der Waals surface area contributed by atoms with Crippen LogP contribution in [0.3, 0.4) is 0 Å². The van der Waals surface area contributed by atoms with Crippen molar-refractivity contribution < 1.29 is 31.5 Å². The standard InChI is InChI=1S/C24H28F5N3O2/c1-5-7-19(34-18-8-9-20(31-15-18)23(4,25)26)21(30-12-6-2)17-10-13-32(14-11-17)22(33)16(3)24(27,28)29/h6-9,12,15,17H,3,5,10-11,13-14H2,1-2,4H3/b12-6-,19-7-,30-21+. The molecule has 2 heterocycles. The molecule has 186 valence electrons. The molecule has 1 saturated heterocycles. The first-order chi connectivity index (χ1) is 15.9. The van der Waals surface area contributed by atoms with E-state index in [-0.39, 0.29) is 30.5 Å². The van der Waals surface area contributed by atoms with Crippen molar-refractivity contribution in [2.75, 3.05) is 13.1 Å². The van der Waals surface area contributed by atoms with Gasteiger partial charge in [0.15, 0.2) is 0 Å². The van der Waals surface area contributed by atoms with Gasteiger partial charge in [0.2, 0.25) is 0 Å². The normalized spacial score (nSPS) is 16.8. The number of ether oxygens (including phenoxy) is 1. The first kappa shape index (κ1) is 27.2. The average Bonchev–Trinajstić information content (AvgIpc) is 2.78. The second-order valence-electron chi connectivity index (χ2n) is 7.89. The third-order valence-electron chi connectivity index (χ3n) is 5.19. The van der Waals surface area contributed by atoms with Gasteiger partial charge in [-0.05, 0) is 44.4 Å². The Balaban J connectivity index is 2.21. The Morgan fingerprint density at radius 3 is 2.38 bits per heavy atom. The lowest BCUT2D eigenvalue weighted by atomic mass is 9.90. The highest BCUT2D eigenvalue weighted by atomic mass is 19.4. The van der Waals surface area contributed by atoms with Gasteiger partial charge in [0.1, 0.15) is 22.8 Å². The van der Waals surface area contributed by atoms with E-state index < -0.39 is 23.6 Å². The van der Waals surface area contributed by atoms with Crippen LogP contribution < -0.4 is 4.74 Å². The molecule has 5 nitrogen and oxygen atoms in total. The Morgan fingerprint density at radius 1 is 1.26 bits per heavy atom. The van der Waals surface area contributed by atoms with Gasteiger partial charge in [-0.2, -0.15) is 22.0 Å². The minimum absolute atomic E-state index is 0.106. The fourth-order valence-electron chi connectivity index (χ4n) is 3.40. The number of aliphatic imine (C=N–C) groups is 1. The van der Waals surface area contributed by atoms with Gasteiger partial charge in [-0.1, -0.05) is 19.6 Å². The van der Waals surface area contributed by atoms with E-state index in [0.29, 0.717) is 30.7 Å². The van der Waals surface area contributed by atoms with Crippen molar-refractivity contribution in [3.8, 4) is 5.75 Å². The zero-order valence-electron chi connectivity index (χ0n) is 19.3. The molecule has 0 unspecified atom stereocenters. The summed E-state index contributed by atoms with van der Waals surface area (Å²) in [4.78, 5) is 21.5. The third-order valence-corrected chi connectivity index (χ3v) is 5.19. The number of hydrogen-bond donors (Lipinski definition) is 0. The molecule has 1 aromatic rings. The summed E-state index contributed by atoms with van der Waals surface area (Å²) in [6, 6.07) is 2.57. The number of nitrogens with zero attached hydrogens (tertiary/aromatic N) is 3. The molecule has 34 heavy (non-hydrogen) atoms. The molecule has 0 atom stereocenters. The smallest absolute Gasteiger partial charge is 0.421 e. The molecule has 1 fully saturated rings. The van der Waals surface area contributed by atoms with Crippen LogP contribution in [0.25, 0.3) is 0 Å². The molecule has 0 radical (unpaired) electrons. The summed E-state index contributed by atoms with van der Waals surface area (Å²) in [6.07, 6.45) is 2.84. The van der Waals surface area contributed by atoms with Gasteiger partial charge in [0.25, 0.3) is 11.8 Å². The minimum Gasteiger partial charge on any atom is -0.454 e. The van der Waals surface area contributed by atoms with E-state index in [4.69, 9.17) is 4.74 Å². The lowest BCUT2D eigenvalue weighted by molar-refractivity contribution is -0.140. The third kappa shape index (κ3) is 7.23. The van der Waals surface area contributed by atoms with E-state index in [1.165, 1.54) is 18.3 Å². The maximum Gasteiger partial charge on any atom is 0.421 e. The average molecular weight is 485 g/mol. The molecule has 0 N–H and O–H groups in total. The number of rotatable bonds is 8. The summed E-state index contributed by atoms with van der Waals surface area (Å²) in [6.45, 7) is 7.52. The highest BCUT2D eigenvalue weighted by molar-refractivity contribution is 6.01. The number of hydrogen-bond acceptors (Lipinski definition) is 4. The number of amides is 1. The Kier molecular flexibility index (Phi) is 9.12. The zero-order chi connectivity index (χ0) is 25.5. The van der Waals surface area contributed by atoms with Crippen molar-refractivity contribution in [3.63, 3.8) is 0 Å². The van der Waals surface area contributed by atoms with Crippen LogP contribution >= 0.6 is 0 Å². The van der Waals surface area contributed by atoms with E-state index in [1.807, 2.05) is 6.92 Å². The number of carbonyl (C=O) groups excluding carboxylic acids is 1. The Labute approximate surface area is 195 Å². The fraction of sp³-hybridized carbons (Fsp3) is 0.458. The molecule has 0 aliphatic carbocycles. The van der Waals surface area contributed by atoms with E-state index in [2.05, 4.69) is 16.6 Å². The van der Waals surface area contributed by atoms with Crippen LogP contribution in [0.5, 0.6) is 5.75 Å². The Bertz CT molecular complexity index is 952. The van der Waals surface area contributed by atoms with Crippen LogP contribution in [0.2, 0.25) is 0 Å². The maximum absolute atomic E-state index is 13.4. The molecule has 1 aliphatic rings. The number of pyridine rings is 1. The second kappa shape index (κ2) is 11.4. The van der Waals surface area contributed by atoms with Gasteiger partial charge in [-0.15, -0.1) is 0 Å². The molecule has 1 amide bonds. The Morgan fingerprint density at radius 2 is 1.91 bits per heavy atom. The van der Waals surface area contributed by atoms with Crippen molar-refractivity contribution in [3.05, 3.63) is 60.3 Å². The van der Waals surface area contributed by atoms with Gasteiger partial charge in [0, 0.05) is 32.1 Å². The van der Waals surface area contributed by atoms with Crippen molar-refractivity contribution in [1.29, 1.82) is 0 Å². The molecular formula is C24H28F5N3O2. The number of carbonyl (C=O) groups is 1. The molecule has 2 rings (SSSR count). The maximum atomic E-state index is 13.4. The zero-order valence-corrected chi connectivity index (χ0v) is 19.3. The first-order valence-electron chi connectivity index (χ1n) is 10.8. The highest BCUT2D eigenvalue weighted by Crippen LogP contribution is 2.30. The highest BCUT2D eigenvalue weighted by Gasteiger charge is 2.40. The van der Waals surface area contributed by atoms with Gasteiger partial charge >= 0.3 is 6.18 Å². The summed E-state index contributed by atoms with van der Waals surface area (Å²) in [5.41, 5.74) is -1.22. The number of piperidine rings is 1. The van der Waals surface area contributed by atoms with Gasteiger partial charge in [0.05, 0.1) is 11.9 Å². The summed E-state index contributed by atoms with van der Waals surface area (Å²) in [7, 11) is 0. The summed E-state index contributed by atoms with van der Waals surface area (Å²) in [5, 5.41) is 0. The van der Waals surface area contributed by atoms with Crippen molar-refractivity contribution in [2.24, 2.45) is 10.9 Å². The predicted molar refractivity (Wildman–Crippen MR) is 120 cm³/mol. The van der Waals surface area contributed by atoms with E-state index in [9.17, 15) is 26.7 Å². The van der Waals surface area contributed by atoms with Gasteiger partial charge in [-0.25, -0.2) is 0 Å². The fourth-order valence-corrected chi connectivity index (χ4v) is 3.40. The van der Waals surface area contributed by atoms with E-state index in [1.54, 1.807) is 25.3 Å². The SMILES string of the molecule is C=C(C(=O)N1CCC(C(=N\C=C/C)/C(=C/CC)Oc2ccc(C(C)(F)F)nc2)CC1)C(F)(F)F. The number of alkyl halides is 5. The molecule has 0 aromatic carbocycles. The first-order valence-corrected chi connectivity index (χ1v) is 10.8. The van der Waals surface area contributed by atoms with Crippen LogP contribution in [0, 0.1) is 5.92 Å². The van der Waals surface area contributed by atoms with Crippen LogP contribution in [0.4, 0.5) is 22.0 Å². The quantitative estimate of drug-likeness (QED) is 0.191. The number of aromatic nitrogens is 1. The summed E-state index contributed by atoms with van der Waals surface area (Å²) < 4.78 is 71.4. The number of halogens is 5. The van der Waals surface area contributed by atoms with Gasteiger partial charge in [-0.3, -0.25) is 14.8 Å². The minimum atomic E-state index is -4.78. The van der Waals surface area contributed by atoms with Crippen molar-refractivity contribution in [2.45, 2.75) is 52.1 Å². The van der Waals surface area contributed by atoms with E-state index >= 15 is 0 Å². The predicted octanol–water partition coefficient (Wildman–Crippen LogP) is 6.20. The van der Waals surface area contributed by atoms with Crippen LogP contribution in [0.15, 0.2) is 59.6 Å². The summed E-state index contributed by atoms with van der Waals surface area (Å²) >= 11 is 0. The largest absolute Gasteiger partial charge is 0.454 e. The van der Waals surface area contributed by atoms with Crippen molar-refractivity contribution >= 4 is 11.6 Å². The number of allylic oxidation sites excluding steroid dienone is 3. The van der Waals surface area contributed by atoms with E-state index in [0.717, 1.165) is 11.8 Å². The number of likely N-dealkylation sites (tertiary alicyclic amines) is 1. The molecule has 1 aromatic heterocycles. The van der Waals surface area contributed by atoms with Crippen LogP contribution in [-0.2, 0) is 10.7 Å². The molecule has 10 heteroatoms. The lowest BCUT2D eigenvalue weighted by Gasteiger charge is -2.33. The lowest BCUT2D eigenvalue weighted by Crippen LogP contribution is -2.43. The molecular weight excluding hydrogens is 457 g/mol. The summed E-state index contributed by atoms with van der Waals surface area (Å²) in [5.74, 6) is -3.75. The van der Waals surface area contributed by atoms with Gasteiger partial charge < -0.3 is 9.64 Å². The van der Waals surface area contributed by atoms with Crippen molar-refractivity contribution in [1.82, 2.24) is 9.88 Å². The Hall–Kier alpha value is -3.04. The monoisotopic (exact) mass is 485 g/mol. The second-order valence-corrected chi connectivity index (χ2v) is 7.89. The van der Waals surface area contributed by atoms with Crippen LogP contribution in [0.1, 0.15) is 45.7 Å².